The maximum atomic E-state index is 10.3. The summed E-state index contributed by atoms with van der Waals surface area (Å²) in [5, 5.41) is 0.858. The minimum absolute atomic E-state index is 0.161. The Labute approximate surface area is 60.9 Å². The number of hydrogen-bond donors (Lipinski definition) is 1. The van der Waals surface area contributed by atoms with Crippen LogP contribution in [-0.2, 0) is 11.1 Å². The van der Waals surface area contributed by atoms with Gasteiger partial charge in [-0.1, -0.05) is 13.2 Å². The van der Waals surface area contributed by atoms with Gasteiger partial charge in [-0.05, 0) is 6.08 Å². The Kier molecular flexibility index (Phi) is 3.60. The van der Waals surface area contributed by atoms with Gasteiger partial charge in [0.25, 0.3) is 5.24 Å². The van der Waals surface area contributed by atoms with Crippen molar-refractivity contribution in [2.24, 2.45) is 0 Å². The smallest absolute Gasteiger partial charge is 0.300 e. The molecule has 0 aromatic heterocycles. The van der Waals surface area contributed by atoms with Crippen LogP contribution in [0.25, 0.3) is 0 Å². The lowest BCUT2D eigenvalue weighted by Gasteiger charge is -2.04. The van der Waals surface area contributed by atoms with Crippen molar-refractivity contribution in [3.63, 3.8) is 0 Å². The minimum atomic E-state index is -2.74. The summed E-state index contributed by atoms with van der Waals surface area (Å²) in [5.74, 6) is 0. The van der Waals surface area contributed by atoms with Gasteiger partial charge in [0.2, 0.25) is 0 Å². The highest BCUT2D eigenvalue weighted by Crippen LogP contribution is 1.86. The molecule has 1 atom stereocenters. The van der Waals surface area contributed by atoms with E-state index in [0.29, 0.717) is 0 Å². The van der Waals surface area contributed by atoms with E-state index in [1.54, 1.807) is 0 Å². The highest BCUT2D eigenvalue weighted by molar-refractivity contribution is 7.95. The van der Waals surface area contributed by atoms with E-state index in [2.05, 4.69) is 13.2 Å². The number of carbonyl (C=O) groups excluding carboxylic acids is 1. The van der Waals surface area contributed by atoms with E-state index < -0.39 is 16.3 Å². The molecule has 1 amide bonds. The van der Waals surface area contributed by atoms with Crippen LogP contribution in [0.5, 0.6) is 0 Å². The molecule has 4 nitrogen and oxygen atoms in total. The molecule has 0 aliphatic rings. The zero-order valence-electron chi connectivity index (χ0n) is 5.12. The van der Waals surface area contributed by atoms with Crippen LogP contribution in [-0.4, -0.2) is 14.0 Å². The first-order chi connectivity index (χ1) is 4.57. The molecule has 0 radical (unpaired) electrons. The third-order valence-corrected chi connectivity index (χ3v) is 1.07. The second kappa shape index (κ2) is 3.97. The number of nitrogens with one attached hydrogen (secondary N) is 1. The van der Waals surface area contributed by atoms with Crippen LogP contribution in [0, 0.1) is 0 Å². The van der Waals surface area contributed by atoms with Crippen LogP contribution in [0.2, 0.25) is 0 Å². The Bertz CT molecular complexity index is 199. The van der Waals surface area contributed by atoms with E-state index in [1.165, 1.54) is 6.08 Å². The Morgan fingerprint density at radius 1 is 1.70 bits per heavy atom. The molecule has 5 heteroatoms. The predicted octanol–water partition coefficient (Wildman–Crippen LogP) is 0.275. The van der Waals surface area contributed by atoms with Crippen molar-refractivity contribution >= 4 is 16.3 Å². The summed E-state index contributed by atoms with van der Waals surface area (Å²) in [6.07, 6.45) is 1.24. The van der Waals surface area contributed by atoms with Gasteiger partial charge in [-0.3, -0.25) is 9.00 Å². The molecule has 1 N–H and O–H groups in total. The molecule has 0 aliphatic heterocycles. The highest BCUT2D eigenvalue weighted by Gasteiger charge is 1.98. The largest absolute Gasteiger partial charge is 0.765 e. The van der Waals surface area contributed by atoms with Crippen molar-refractivity contribution in [3.05, 3.63) is 24.9 Å². The molecule has 0 rings (SSSR count). The van der Waals surface area contributed by atoms with Crippen LogP contribution in [0.4, 0.5) is 4.79 Å². The van der Waals surface area contributed by atoms with Gasteiger partial charge >= 0.3 is 0 Å². The molecule has 10 heavy (non-hydrogen) atoms. The first kappa shape index (κ1) is 9.06. The van der Waals surface area contributed by atoms with Crippen molar-refractivity contribution in [1.29, 1.82) is 0 Å². The number of allylic oxidation sites excluding steroid dienone is 1. The van der Waals surface area contributed by atoms with E-state index in [9.17, 15) is 13.6 Å². The summed E-state index contributed by atoms with van der Waals surface area (Å²) >= 11 is -2.74. The Morgan fingerprint density at radius 3 is 2.50 bits per heavy atom. The summed E-state index contributed by atoms with van der Waals surface area (Å²) in [6, 6.07) is 0. The molecule has 0 spiro atoms. The molecule has 0 aromatic rings. The summed E-state index contributed by atoms with van der Waals surface area (Å²) in [7, 11) is 0. The van der Waals surface area contributed by atoms with Gasteiger partial charge < -0.3 is 9.87 Å². The zero-order valence-corrected chi connectivity index (χ0v) is 5.94. The fourth-order valence-electron chi connectivity index (χ4n) is 0.224. The third-order valence-electron chi connectivity index (χ3n) is 0.660. The molecule has 0 heterocycles. The van der Waals surface area contributed by atoms with Crippen molar-refractivity contribution in [3.8, 4) is 0 Å². The second-order valence-corrected chi connectivity index (χ2v) is 2.22. The van der Waals surface area contributed by atoms with Crippen molar-refractivity contribution in [1.82, 2.24) is 5.32 Å². The maximum Gasteiger partial charge on any atom is 0.300 e. The van der Waals surface area contributed by atoms with E-state index in [4.69, 9.17) is 0 Å². The van der Waals surface area contributed by atoms with Crippen LogP contribution < -0.4 is 5.32 Å². The van der Waals surface area contributed by atoms with Gasteiger partial charge in [0.1, 0.15) is 0 Å². The van der Waals surface area contributed by atoms with Gasteiger partial charge in [0.15, 0.2) is 0 Å². The fourth-order valence-corrected chi connectivity index (χ4v) is 0.438. The molecule has 0 saturated heterocycles. The zero-order chi connectivity index (χ0) is 8.15. The van der Waals surface area contributed by atoms with E-state index >= 15 is 0 Å². The monoisotopic (exact) mass is 160 g/mol. The number of hydrogen-bond acceptors (Lipinski definition) is 3. The minimum Gasteiger partial charge on any atom is -0.765 e. The Balaban J connectivity index is 3.92. The topological polar surface area (TPSA) is 69.2 Å². The maximum absolute atomic E-state index is 10.3. The van der Waals surface area contributed by atoms with Crippen LogP contribution in [0.15, 0.2) is 24.9 Å². The molecule has 0 saturated carbocycles. The summed E-state index contributed by atoms with van der Waals surface area (Å²) in [6.45, 7) is 6.53. The van der Waals surface area contributed by atoms with Gasteiger partial charge in [-0.2, -0.15) is 0 Å². The second-order valence-electron chi connectivity index (χ2n) is 1.38. The standard InChI is InChI=1S/C5H7NO3S/c1-3-4(2)6-5(7)10(8)9/h3H,1-2H2,(H,6,7)(H,8,9)/p-1. The molecule has 0 aromatic carbocycles. The summed E-state index contributed by atoms with van der Waals surface area (Å²) in [5.41, 5.74) is 0.161. The average molecular weight is 160 g/mol. The summed E-state index contributed by atoms with van der Waals surface area (Å²) in [4.78, 5) is 10.3. The van der Waals surface area contributed by atoms with Gasteiger partial charge in [0.05, 0.1) is 0 Å². The lowest BCUT2D eigenvalue weighted by molar-refractivity contribution is 0.260. The van der Waals surface area contributed by atoms with E-state index in [1.807, 2.05) is 5.32 Å². The first-order valence-corrected chi connectivity index (χ1v) is 3.37. The van der Waals surface area contributed by atoms with Gasteiger partial charge in [0, 0.05) is 16.8 Å². The molecule has 0 fully saturated rings. The third kappa shape index (κ3) is 3.16. The normalized spacial score (nSPS) is 11.7. The first-order valence-electron chi connectivity index (χ1n) is 2.29. The molecule has 56 valence electrons. The van der Waals surface area contributed by atoms with E-state index in [-0.39, 0.29) is 5.70 Å². The van der Waals surface area contributed by atoms with Crippen LogP contribution in [0.3, 0.4) is 0 Å². The SMILES string of the molecule is C=CC(=C)NC(=O)S(=O)[O-]. The molecule has 1 unspecified atom stereocenters. The van der Waals surface area contributed by atoms with Gasteiger partial charge in [-0.15, -0.1) is 0 Å². The Morgan fingerprint density at radius 2 is 2.20 bits per heavy atom. The lowest BCUT2D eigenvalue weighted by atomic mass is 10.5. The molecule has 0 aliphatic carbocycles. The fraction of sp³-hybridized carbons (Fsp3) is 0. The average Bonchev–Trinajstić information content (AvgIpc) is 1.87. The quantitative estimate of drug-likeness (QED) is 0.465. The van der Waals surface area contributed by atoms with Gasteiger partial charge in [-0.25, -0.2) is 0 Å². The van der Waals surface area contributed by atoms with Crippen molar-refractivity contribution in [2.75, 3.05) is 0 Å². The molecular weight excluding hydrogens is 154 g/mol. The number of carbonyl (C=O) groups is 1. The lowest BCUT2D eigenvalue weighted by Crippen LogP contribution is -2.23. The van der Waals surface area contributed by atoms with Crippen LogP contribution in [0.1, 0.15) is 0 Å². The molecule has 0 bridgehead atoms. The van der Waals surface area contributed by atoms with Crippen molar-refractivity contribution in [2.45, 2.75) is 0 Å². The molecular formula is C5H6NO3S-. The number of rotatable bonds is 2. The highest BCUT2D eigenvalue weighted by atomic mass is 32.2. The van der Waals surface area contributed by atoms with Crippen molar-refractivity contribution < 1.29 is 13.6 Å². The number of amides is 1. The van der Waals surface area contributed by atoms with E-state index in [0.717, 1.165) is 0 Å². The Hall–Kier alpha value is -0.940. The summed E-state index contributed by atoms with van der Waals surface area (Å²) < 4.78 is 19.7. The predicted molar refractivity (Wildman–Crippen MR) is 36.8 cm³/mol. The van der Waals surface area contributed by atoms with Crippen LogP contribution >= 0.6 is 0 Å².